The number of fused-ring (bicyclic) bond motifs is 1. The molecule has 9 heteroatoms. The van der Waals surface area contributed by atoms with Gasteiger partial charge >= 0.3 is 0 Å². The molecule has 3 heterocycles. The molecule has 1 aromatic carbocycles. The molecule has 0 aliphatic carbocycles. The Morgan fingerprint density at radius 2 is 2.07 bits per heavy atom. The van der Waals surface area contributed by atoms with E-state index >= 15 is 0 Å². The Morgan fingerprint density at radius 3 is 2.79 bits per heavy atom. The van der Waals surface area contributed by atoms with Gasteiger partial charge in [-0.2, -0.15) is 0 Å². The second-order valence-corrected chi connectivity index (χ2v) is 9.26. The molecule has 0 radical (unpaired) electrons. The lowest BCUT2D eigenvalue weighted by atomic mass is 10.1. The first kappa shape index (κ1) is 19.1. The Labute approximate surface area is 175 Å². The number of nitrogens with one attached hydrogen (secondary N) is 1. The van der Waals surface area contributed by atoms with Crippen LogP contribution in [-0.2, 0) is 11.3 Å². The molecule has 6 nitrogen and oxygen atoms in total. The zero-order valence-corrected chi connectivity index (χ0v) is 18.2. The standard InChI is InChI=1S/C19H19N5OS3/c1-4-24-17(13-9-26-12(3)11(13)2)22-23-19(24)27-10-16(25)21-18-20-14-7-5-6-8-15(14)28-18/h5-9H,4,10H2,1-3H3,(H,20,21,25). The predicted molar refractivity (Wildman–Crippen MR) is 117 cm³/mol. The number of benzene rings is 1. The highest BCUT2D eigenvalue weighted by atomic mass is 32.2. The van der Waals surface area contributed by atoms with Crippen molar-refractivity contribution in [1.29, 1.82) is 0 Å². The lowest BCUT2D eigenvalue weighted by Crippen LogP contribution is -2.14. The summed E-state index contributed by atoms with van der Waals surface area (Å²) in [6, 6.07) is 7.84. The minimum atomic E-state index is -0.0983. The van der Waals surface area contributed by atoms with Crippen LogP contribution < -0.4 is 5.32 Å². The quantitative estimate of drug-likeness (QED) is 0.438. The number of rotatable bonds is 6. The number of aryl methyl sites for hydroxylation is 1. The normalized spacial score (nSPS) is 11.2. The Kier molecular flexibility index (Phi) is 5.47. The van der Waals surface area contributed by atoms with Gasteiger partial charge in [0, 0.05) is 22.4 Å². The number of hydrogen-bond donors (Lipinski definition) is 1. The molecular weight excluding hydrogens is 410 g/mol. The van der Waals surface area contributed by atoms with Crippen molar-refractivity contribution in [2.45, 2.75) is 32.5 Å². The van der Waals surface area contributed by atoms with E-state index in [9.17, 15) is 4.79 Å². The Balaban J connectivity index is 1.45. The van der Waals surface area contributed by atoms with Gasteiger partial charge in [-0.15, -0.1) is 21.5 Å². The molecule has 0 unspecified atom stereocenters. The van der Waals surface area contributed by atoms with Crippen molar-refractivity contribution < 1.29 is 4.79 Å². The van der Waals surface area contributed by atoms with E-state index in [0.29, 0.717) is 5.13 Å². The number of hydrogen-bond acceptors (Lipinski definition) is 7. The number of amides is 1. The molecule has 0 bridgehead atoms. The fourth-order valence-corrected chi connectivity index (χ4v) is 5.37. The van der Waals surface area contributed by atoms with Gasteiger partial charge in [0.25, 0.3) is 0 Å². The first-order valence-corrected chi connectivity index (χ1v) is 11.5. The number of thiophene rings is 1. The third-order valence-electron chi connectivity index (χ3n) is 4.43. The second kappa shape index (κ2) is 8.02. The molecule has 0 spiro atoms. The summed E-state index contributed by atoms with van der Waals surface area (Å²) in [5.74, 6) is 1.02. The van der Waals surface area contributed by atoms with Crippen LogP contribution >= 0.6 is 34.4 Å². The van der Waals surface area contributed by atoms with Crippen LogP contribution in [0.15, 0.2) is 34.8 Å². The highest BCUT2D eigenvalue weighted by Gasteiger charge is 2.18. The third kappa shape index (κ3) is 3.69. The van der Waals surface area contributed by atoms with E-state index in [4.69, 9.17) is 0 Å². The first-order chi connectivity index (χ1) is 13.6. The zero-order valence-electron chi connectivity index (χ0n) is 15.7. The second-order valence-electron chi connectivity index (χ2n) is 6.20. The molecule has 144 valence electrons. The van der Waals surface area contributed by atoms with Crippen molar-refractivity contribution in [1.82, 2.24) is 19.7 Å². The van der Waals surface area contributed by atoms with Gasteiger partial charge in [0.2, 0.25) is 5.91 Å². The van der Waals surface area contributed by atoms with Crippen molar-refractivity contribution >= 4 is 55.7 Å². The fraction of sp³-hybridized carbons (Fsp3) is 0.263. The molecule has 4 aromatic rings. The monoisotopic (exact) mass is 429 g/mol. The minimum absolute atomic E-state index is 0.0983. The number of thiazole rings is 1. The van der Waals surface area contributed by atoms with Crippen LogP contribution in [0.5, 0.6) is 0 Å². The van der Waals surface area contributed by atoms with Crippen LogP contribution in [0.4, 0.5) is 5.13 Å². The summed E-state index contributed by atoms with van der Waals surface area (Å²) < 4.78 is 3.12. The summed E-state index contributed by atoms with van der Waals surface area (Å²) in [6.07, 6.45) is 0. The largest absolute Gasteiger partial charge is 0.302 e. The van der Waals surface area contributed by atoms with Gasteiger partial charge in [0.15, 0.2) is 16.1 Å². The number of para-hydroxylation sites is 1. The highest BCUT2D eigenvalue weighted by molar-refractivity contribution is 7.99. The SMILES string of the molecule is CCn1c(SCC(=O)Nc2nc3ccccc3s2)nnc1-c1csc(C)c1C. The van der Waals surface area contributed by atoms with Gasteiger partial charge in [0.05, 0.1) is 16.0 Å². The van der Waals surface area contributed by atoms with Gasteiger partial charge in [-0.25, -0.2) is 4.98 Å². The van der Waals surface area contributed by atoms with E-state index in [1.165, 1.54) is 33.5 Å². The maximum Gasteiger partial charge on any atom is 0.236 e. The number of nitrogens with zero attached hydrogens (tertiary/aromatic N) is 4. The van der Waals surface area contributed by atoms with E-state index in [-0.39, 0.29) is 11.7 Å². The Bertz CT molecular complexity index is 1110. The van der Waals surface area contributed by atoms with Crippen molar-refractivity contribution in [3.8, 4) is 11.4 Å². The zero-order chi connectivity index (χ0) is 19.7. The van der Waals surface area contributed by atoms with E-state index in [1.807, 2.05) is 24.3 Å². The van der Waals surface area contributed by atoms with Crippen molar-refractivity contribution in [2.24, 2.45) is 0 Å². The molecule has 1 amide bonds. The molecule has 28 heavy (non-hydrogen) atoms. The van der Waals surface area contributed by atoms with Gasteiger partial charge < -0.3 is 9.88 Å². The number of carbonyl (C=O) groups is 1. The van der Waals surface area contributed by atoms with Gasteiger partial charge in [0.1, 0.15) is 0 Å². The Morgan fingerprint density at radius 1 is 1.25 bits per heavy atom. The van der Waals surface area contributed by atoms with Crippen LogP contribution in [0.2, 0.25) is 0 Å². The molecule has 4 rings (SSSR count). The van der Waals surface area contributed by atoms with Crippen molar-refractivity contribution in [2.75, 3.05) is 11.1 Å². The van der Waals surface area contributed by atoms with E-state index in [1.54, 1.807) is 11.3 Å². The van der Waals surface area contributed by atoms with Gasteiger partial charge in [-0.1, -0.05) is 35.2 Å². The van der Waals surface area contributed by atoms with Crippen LogP contribution in [0.3, 0.4) is 0 Å². The third-order valence-corrected chi connectivity index (χ3v) is 7.36. The topological polar surface area (TPSA) is 72.7 Å². The minimum Gasteiger partial charge on any atom is -0.302 e. The molecular formula is C19H19N5OS3. The summed E-state index contributed by atoms with van der Waals surface area (Å²) in [6.45, 7) is 7.03. The molecule has 0 aliphatic rings. The van der Waals surface area contributed by atoms with Crippen molar-refractivity contribution in [3.05, 3.63) is 40.1 Å². The lowest BCUT2D eigenvalue weighted by molar-refractivity contribution is -0.113. The molecule has 3 aromatic heterocycles. The summed E-state index contributed by atoms with van der Waals surface area (Å²) in [4.78, 5) is 18.1. The first-order valence-electron chi connectivity index (χ1n) is 8.83. The number of carbonyl (C=O) groups excluding carboxylic acids is 1. The summed E-state index contributed by atoms with van der Waals surface area (Å²) in [5, 5.41) is 15.1. The van der Waals surface area contributed by atoms with Crippen LogP contribution in [0.1, 0.15) is 17.4 Å². The lowest BCUT2D eigenvalue weighted by Gasteiger charge is -2.07. The molecule has 1 N–H and O–H groups in total. The molecule has 0 saturated carbocycles. The maximum absolute atomic E-state index is 12.4. The van der Waals surface area contributed by atoms with Crippen LogP contribution in [0.25, 0.3) is 21.6 Å². The van der Waals surface area contributed by atoms with E-state index in [2.05, 4.69) is 51.2 Å². The number of anilines is 1. The number of aromatic nitrogens is 4. The summed E-state index contributed by atoms with van der Waals surface area (Å²) in [7, 11) is 0. The molecule has 0 fully saturated rings. The smallest absolute Gasteiger partial charge is 0.236 e. The van der Waals surface area contributed by atoms with Gasteiger partial charge in [-0.05, 0) is 38.5 Å². The van der Waals surface area contributed by atoms with Crippen LogP contribution in [0, 0.1) is 13.8 Å². The summed E-state index contributed by atoms with van der Waals surface area (Å²) >= 11 is 4.59. The molecule has 0 aliphatic heterocycles. The molecule has 0 saturated heterocycles. The predicted octanol–water partition coefficient (Wildman–Crippen LogP) is 4.98. The van der Waals surface area contributed by atoms with E-state index < -0.39 is 0 Å². The van der Waals surface area contributed by atoms with E-state index in [0.717, 1.165) is 33.3 Å². The van der Waals surface area contributed by atoms with Crippen LogP contribution in [-0.4, -0.2) is 31.4 Å². The molecule has 0 atom stereocenters. The maximum atomic E-state index is 12.4. The van der Waals surface area contributed by atoms with Crippen molar-refractivity contribution in [3.63, 3.8) is 0 Å². The fourth-order valence-electron chi connectivity index (χ4n) is 2.83. The average Bonchev–Trinajstić information content (AvgIpc) is 3.37. The average molecular weight is 430 g/mol. The number of thioether (sulfide) groups is 1. The Hall–Kier alpha value is -2.23. The highest BCUT2D eigenvalue weighted by Crippen LogP contribution is 2.31. The summed E-state index contributed by atoms with van der Waals surface area (Å²) in [5.41, 5.74) is 3.24. The van der Waals surface area contributed by atoms with Gasteiger partial charge in [-0.3, -0.25) is 4.79 Å².